The molecule has 0 amide bonds. The SMILES string of the molecule is Cc1nnsc1C(O)C1CCOC2(CCCC2)C1. The Kier molecular flexibility index (Phi) is 3.38. The average Bonchev–Trinajstić information content (AvgIpc) is 2.98. The van der Waals surface area contributed by atoms with Gasteiger partial charge in [-0.2, -0.15) is 0 Å². The number of aryl methyl sites for hydroxylation is 1. The van der Waals surface area contributed by atoms with E-state index >= 15 is 0 Å². The van der Waals surface area contributed by atoms with Crippen LogP contribution in [0.25, 0.3) is 0 Å². The minimum absolute atomic E-state index is 0.0654. The molecule has 2 atom stereocenters. The molecule has 5 heteroatoms. The third kappa shape index (κ3) is 2.19. The summed E-state index contributed by atoms with van der Waals surface area (Å²) in [5.74, 6) is 0.304. The number of hydrogen-bond donors (Lipinski definition) is 1. The minimum atomic E-state index is -0.411. The molecule has 1 spiro atoms. The molecule has 1 aromatic rings. The molecule has 1 saturated heterocycles. The number of nitrogens with zero attached hydrogens (tertiary/aromatic N) is 2. The fraction of sp³-hybridized carbons (Fsp3) is 0.846. The lowest BCUT2D eigenvalue weighted by molar-refractivity contribution is -0.113. The molecule has 2 fully saturated rings. The summed E-state index contributed by atoms with van der Waals surface area (Å²) in [5, 5.41) is 14.5. The molecule has 0 radical (unpaired) electrons. The maximum Gasteiger partial charge on any atom is 0.0946 e. The lowest BCUT2D eigenvalue weighted by atomic mass is 9.81. The van der Waals surface area contributed by atoms with E-state index < -0.39 is 6.10 Å². The van der Waals surface area contributed by atoms with Gasteiger partial charge in [-0.05, 0) is 50.1 Å². The van der Waals surface area contributed by atoms with Crippen molar-refractivity contribution in [2.45, 2.75) is 57.2 Å². The number of aliphatic hydroxyl groups is 1. The lowest BCUT2D eigenvalue weighted by Gasteiger charge is -2.39. The summed E-state index contributed by atoms with van der Waals surface area (Å²) in [7, 11) is 0. The third-order valence-electron chi connectivity index (χ3n) is 4.45. The van der Waals surface area contributed by atoms with Crippen LogP contribution in [0.3, 0.4) is 0 Å². The van der Waals surface area contributed by atoms with Crippen LogP contribution in [0.5, 0.6) is 0 Å². The Morgan fingerprint density at radius 1 is 1.44 bits per heavy atom. The van der Waals surface area contributed by atoms with Crippen LogP contribution < -0.4 is 0 Å². The summed E-state index contributed by atoms with van der Waals surface area (Å²) in [6, 6.07) is 0. The Morgan fingerprint density at radius 2 is 2.22 bits per heavy atom. The molecular formula is C13H20N2O2S. The molecule has 1 N–H and O–H groups in total. The van der Waals surface area contributed by atoms with Crippen LogP contribution in [0.1, 0.15) is 55.2 Å². The fourth-order valence-electron chi connectivity index (χ4n) is 3.43. The van der Waals surface area contributed by atoms with Crippen molar-refractivity contribution in [1.29, 1.82) is 0 Å². The first-order valence-electron chi connectivity index (χ1n) is 6.81. The highest BCUT2D eigenvalue weighted by molar-refractivity contribution is 7.05. The molecule has 0 bridgehead atoms. The van der Waals surface area contributed by atoms with Crippen molar-refractivity contribution in [2.24, 2.45) is 5.92 Å². The standard InChI is InChI=1S/C13H20N2O2S/c1-9-12(18-15-14-9)11(16)10-4-7-17-13(8-10)5-2-3-6-13/h10-11,16H,2-8H2,1H3. The van der Waals surface area contributed by atoms with E-state index in [1.807, 2.05) is 6.92 Å². The number of aromatic nitrogens is 2. The third-order valence-corrected chi connectivity index (χ3v) is 5.34. The summed E-state index contributed by atoms with van der Waals surface area (Å²) in [4.78, 5) is 0.940. The Bertz CT molecular complexity index is 415. The van der Waals surface area contributed by atoms with E-state index in [2.05, 4.69) is 9.59 Å². The molecule has 2 aliphatic rings. The van der Waals surface area contributed by atoms with Crippen LogP contribution >= 0.6 is 11.5 Å². The van der Waals surface area contributed by atoms with Crippen LogP contribution in [0.15, 0.2) is 0 Å². The van der Waals surface area contributed by atoms with Gasteiger partial charge >= 0.3 is 0 Å². The molecule has 2 heterocycles. The molecule has 4 nitrogen and oxygen atoms in total. The number of rotatable bonds is 2. The average molecular weight is 268 g/mol. The van der Waals surface area contributed by atoms with Gasteiger partial charge in [0.2, 0.25) is 0 Å². The monoisotopic (exact) mass is 268 g/mol. The topological polar surface area (TPSA) is 55.2 Å². The first-order chi connectivity index (χ1) is 8.70. The summed E-state index contributed by atoms with van der Waals surface area (Å²) in [6.45, 7) is 2.71. The van der Waals surface area contributed by atoms with Gasteiger partial charge in [0.1, 0.15) is 0 Å². The van der Waals surface area contributed by atoms with Crippen molar-refractivity contribution in [3.63, 3.8) is 0 Å². The molecule has 3 rings (SSSR count). The minimum Gasteiger partial charge on any atom is -0.387 e. The highest BCUT2D eigenvalue weighted by atomic mass is 32.1. The second kappa shape index (κ2) is 4.87. The second-order valence-corrected chi connectivity index (χ2v) is 6.44. The molecule has 1 aromatic heterocycles. The predicted molar refractivity (Wildman–Crippen MR) is 69.5 cm³/mol. The summed E-state index contributed by atoms with van der Waals surface area (Å²) in [6.07, 6.45) is 6.39. The summed E-state index contributed by atoms with van der Waals surface area (Å²) < 4.78 is 9.94. The van der Waals surface area contributed by atoms with Gasteiger partial charge in [0.25, 0.3) is 0 Å². The van der Waals surface area contributed by atoms with Crippen LogP contribution in [0.4, 0.5) is 0 Å². The molecule has 100 valence electrons. The molecule has 1 aliphatic carbocycles. The molecule has 1 aliphatic heterocycles. The predicted octanol–water partition coefficient (Wildman–Crippen LogP) is 2.62. The van der Waals surface area contributed by atoms with E-state index in [1.54, 1.807) is 0 Å². The van der Waals surface area contributed by atoms with Gasteiger partial charge in [0.15, 0.2) is 0 Å². The maximum absolute atomic E-state index is 10.5. The van der Waals surface area contributed by atoms with Crippen molar-refractivity contribution < 1.29 is 9.84 Å². The zero-order valence-corrected chi connectivity index (χ0v) is 11.6. The van der Waals surface area contributed by atoms with Crippen LogP contribution in [-0.4, -0.2) is 26.9 Å². The lowest BCUT2D eigenvalue weighted by Crippen LogP contribution is -2.39. The van der Waals surface area contributed by atoms with Gasteiger partial charge in [-0.15, -0.1) is 5.10 Å². The molecule has 1 saturated carbocycles. The van der Waals surface area contributed by atoms with E-state index in [0.29, 0.717) is 5.92 Å². The number of hydrogen-bond acceptors (Lipinski definition) is 5. The van der Waals surface area contributed by atoms with E-state index in [-0.39, 0.29) is 5.60 Å². The maximum atomic E-state index is 10.5. The van der Waals surface area contributed by atoms with Crippen molar-refractivity contribution in [3.05, 3.63) is 10.6 Å². The van der Waals surface area contributed by atoms with E-state index in [4.69, 9.17) is 4.74 Å². The summed E-state index contributed by atoms with van der Waals surface area (Å²) >= 11 is 1.33. The van der Waals surface area contributed by atoms with Gasteiger partial charge in [0, 0.05) is 6.61 Å². The van der Waals surface area contributed by atoms with Gasteiger partial charge in [0.05, 0.1) is 22.3 Å². The van der Waals surface area contributed by atoms with Crippen molar-refractivity contribution in [3.8, 4) is 0 Å². The van der Waals surface area contributed by atoms with E-state index in [0.717, 1.165) is 42.9 Å². The highest BCUT2D eigenvalue weighted by Gasteiger charge is 2.42. The van der Waals surface area contributed by atoms with Crippen molar-refractivity contribution in [2.75, 3.05) is 6.61 Å². The Balaban J connectivity index is 1.74. The first-order valence-corrected chi connectivity index (χ1v) is 7.58. The van der Waals surface area contributed by atoms with Crippen LogP contribution in [0.2, 0.25) is 0 Å². The van der Waals surface area contributed by atoms with Crippen molar-refractivity contribution >= 4 is 11.5 Å². The summed E-state index contributed by atoms with van der Waals surface area (Å²) in [5.41, 5.74) is 0.940. The molecule has 0 aromatic carbocycles. The quantitative estimate of drug-likeness (QED) is 0.896. The largest absolute Gasteiger partial charge is 0.387 e. The van der Waals surface area contributed by atoms with Gasteiger partial charge in [-0.25, -0.2) is 0 Å². The normalized spacial score (nSPS) is 28.7. The zero-order valence-electron chi connectivity index (χ0n) is 10.8. The molecule has 2 unspecified atom stereocenters. The highest BCUT2D eigenvalue weighted by Crippen LogP contribution is 2.45. The van der Waals surface area contributed by atoms with Crippen molar-refractivity contribution in [1.82, 2.24) is 9.59 Å². The first kappa shape index (κ1) is 12.5. The van der Waals surface area contributed by atoms with Crippen LogP contribution in [-0.2, 0) is 4.74 Å². The molecular weight excluding hydrogens is 248 g/mol. The Hall–Kier alpha value is -0.520. The Labute approximate surface area is 112 Å². The second-order valence-electron chi connectivity index (χ2n) is 5.66. The fourth-order valence-corrected chi connectivity index (χ4v) is 4.15. The van der Waals surface area contributed by atoms with Gasteiger partial charge in [-0.1, -0.05) is 17.3 Å². The molecule has 18 heavy (non-hydrogen) atoms. The number of aliphatic hydroxyl groups excluding tert-OH is 1. The van der Waals surface area contributed by atoms with Gasteiger partial charge < -0.3 is 9.84 Å². The number of ether oxygens (including phenoxy) is 1. The van der Waals surface area contributed by atoms with E-state index in [1.165, 1.54) is 24.4 Å². The smallest absolute Gasteiger partial charge is 0.0946 e. The van der Waals surface area contributed by atoms with E-state index in [9.17, 15) is 5.11 Å². The van der Waals surface area contributed by atoms with Crippen LogP contribution in [0, 0.1) is 12.8 Å². The zero-order chi connectivity index (χ0) is 12.6. The Morgan fingerprint density at radius 3 is 2.89 bits per heavy atom. The van der Waals surface area contributed by atoms with Gasteiger partial charge in [-0.3, -0.25) is 0 Å².